The Bertz CT molecular complexity index is 843. The van der Waals surface area contributed by atoms with Crippen LogP contribution in [0.5, 0.6) is 5.75 Å². The second-order valence-corrected chi connectivity index (χ2v) is 7.07. The zero-order valence-corrected chi connectivity index (χ0v) is 17.4. The summed E-state index contributed by atoms with van der Waals surface area (Å²) in [5, 5.41) is 0.908. The van der Waals surface area contributed by atoms with E-state index in [0.29, 0.717) is 52.9 Å². The van der Waals surface area contributed by atoms with Crippen LogP contribution in [0.4, 0.5) is 0 Å². The van der Waals surface area contributed by atoms with Gasteiger partial charge >= 0.3 is 0 Å². The van der Waals surface area contributed by atoms with Crippen LogP contribution in [0.1, 0.15) is 0 Å². The van der Waals surface area contributed by atoms with Crippen molar-refractivity contribution in [3.8, 4) is 16.5 Å². The van der Waals surface area contributed by atoms with Crippen LogP contribution in [0.3, 0.4) is 0 Å². The maximum Gasteiger partial charge on any atom is 0.143 e. The van der Waals surface area contributed by atoms with Crippen molar-refractivity contribution in [3.05, 3.63) is 42.6 Å². The number of rotatable bonds is 14. The van der Waals surface area contributed by atoms with Crippen LogP contribution in [0.25, 0.3) is 20.9 Å². The Morgan fingerprint density at radius 1 is 0.828 bits per heavy atom. The number of benzene rings is 1. The number of ether oxygens (including phenoxy) is 5. The lowest BCUT2D eigenvalue weighted by atomic mass is 10.3. The van der Waals surface area contributed by atoms with Gasteiger partial charge in [0.2, 0.25) is 0 Å². The molecule has 0 unspecified atom stereocenters. The third-order valence-electron chi connectivity index (χ3n) is 3.92. The molecule has 0 bridgehead atoms. The predicted octanol–water partition coefficient (Wildman–Crippen LogP) is 3.43. The van der Waals surface area contributed by atoms with E-state index in [9.17, 15) is 0 Å². The maximum absolute atomic E-state index is 5.78. The molecule has 7 nitrogen and oxygen atoms in total. The number of fused-ring (bicyclic) bond motifs is 1. The summed E-state index contributed by atoms with van der Waals surface area (Å²) in [5.74, 6) is 0.807. The minimum absolute atomic E-state index is 0.484. The third-order valence-corrected chi connectivity index (χ3v) is 4.96. The largest absolute Gasteiger partial charge is 0.491 e. The van der Waals surface area contributed by atoms with E-state index in [-0.39, 0.29) is 0 Å². The quantitative estimate of drug-likeness (QED) is 0.371. The summed E-state index contributed by atoms with van der Waals surface area (Å²) in [7, 11) is 1.65. The highest BCUT2D eigenvalue weighted by Crippen LogP contribution is 2.31. The molecule has 0 aliphatic rings. The van der Waals surface area contributed by atoms with Crippen LogP contribution in [0.15, 0.2) is 42.6 Å². The normalized spacial score (nSPS) is 11.2. The fourth-order valence-electron chi connectivity index (χ4n) is 2.50. The molecule has 2 heterocycles. The van der Waals surface area contributed by atoms with Crippen molar-refractivity contribution in [3.63, 3.8) is 0 Å². The lowest BCUT2D eigenvalue weighted by Crippen LogP contribution is -2.13. The summed E-state index contributed by atoms with van der Waals surface area (Å²) in [6, 6.07) is 11.7. The summed E-state index contributed by atoms with van der Waals surface area (Å²) in [4.78, 5) is 8.99. The Balaban J connectivity index is 1.31. The van der Waals surface area contributed by atoms with Gasteiger partial charge in [0.15, 0.2) is 0 Å². The molecule has 0 aliphatic heterocycles. The Morgan fingerprint density at radius 3 is 2.24 bits per heavy atom. The molecule has 0 spiro atoms. The number of thiazole rings is 1. The third kappa shape index (κ3) is 7.34. The second-order valence-electron chi connectivity index (χ2n) is 6.04. The summed E-state index contributed by atoms with van der Waals surface area (Å²) in [6.07, 6.45) is 1.78. The molecule has 0 aliphatic carbocycles. The minimum atomic E-state index is 0.484. The summed E-state index contributed by atoms with van der Waals surface area (Å²) in [5.41, 5.74) is 1.83. The smallest absolute Gasteiger partial charge is 0.143 e. The number of nitrogens with zero attached hydrogens (tertiary/aromatic N) is 2. The van der Waals surface area contributed by atoms with Crippen molar-refractivity contribution < 1.29 is 23.7 Å². The van der Waals surface area contributed by atoms with E-state index in [1.807, 2.05) is 36.4 Å². The Kier molecular flexibility index (Phi) is 9.28. The van der Waals surface area contributed by atoms with Crippen molar-refractivity contribution in [2.45, 2.75) is 0 Å². The van der Waals surface area contributed by atoms with Gasteiger partial charge < -0.3 is 23.7 Å². The Morgan fingerprint density at radius 2 is 1.55 bits per heavy atom. The number of methoxy groups -OCH3 is 1. The van der Waals surface area contributed by atoms with Gasteiger partial charge in [-0.15, -0.1) is 11.3 Å². The number of hydrogen-bond donors (Lipinski definition) is 0. The molecule has 3 aromatic rings. The van der Waals surface area contributed by atoms with E-state index in [0.717, 1.165) is 26.7 Å². The van der Waals surface area contributed by atoms with E-state index >= 15 is 0 Å². The van der Waals surface area contributed by atoms with Gasteiger partial charge in [0.05, 0.1) is 62.2 Å². The van der Waals surface area contributed by atoms with Gasteiger partial charge in [-0.2, -0.15) is 0 Å². The maximum atomic E-state index is 5.78. The van der Waals surface area contributed by atoms with Crippen LogP contribution in [-0.2, 0) is 18.9 Å². The molecular formula is C21H26N2O5S. The molecule has 0 atom stereocenters. The Labute approximate surface area is 174 Å². The zero-order chi connectivity index (χ0) is 20.2. The second kappa shape index (κ2) is 12.5. The fourth-order valence-corrected chi connectivity index (χ4v) is 3.47. The molecule has 156 valence electrons. The summed E-state index contributed by atoms with van der Waals surface area (Å²) < 4.78 is 28.0. The number of hydrogen-bond acceptors (Lipinski definition) is 8. The first-order chi connectivity index (χ1) is 14.4. The molecule has 0 saturated carbocycles. The minimum Gasteiger partial charge on any atom is -0.491 e. The number of aromatic nitrogens is 2. The van der Waals surface area contributed by atoms with Crippen molar-refractivity contribution >= 4 is 21.6 Å². The first-order valence-electron chi connectivity index (χ1n) is 9.54. The lowest BCUT2D eigenvalue weighted by molar-refractivity contribution is 0.000169. The average Bonchev–Trinajstić information content (AvgIpc) is 3.19. The van der Waals surface area contributed by atoms with Crippen LogP contribution < -0.4 is 4.74 Å². The molecule has 29 heavy (non-hydrogen) atoms. The molecule has 0 amide bonds. The molecule has 0 fully saturated rings. The average molecular weight is 419 g/mol. The summed E-state index contributed by atoms with van der Waals surface area (Å²) in [6.45, 7) is 4.37. The van der Waals surface area contributed by atoms with E-state index in [1.165, 1.54) is 0 Å². The standard InChI is InChI=1S/C21H26N2O5S/c1-24-8-9-25-10-11-26-12-13-27-14-15-28-17-5-6-18-20(16-17)29-21(23-18)19-4-2-3-7-22-19/h2-7,16H,8-15H2,1H3. The molecule has 2 aromatic heterocycles. The molecular weight excluding hydrogens is 392 g/mol. The van der Waals surface area contributed by atoms with Gasteiger partial charge in [0.25, 0.3) is 0 Å². The highest BCUT2D eigenvalue weighted by Gasteiger charge is 2.08. The van der Waals surface area contributed by atoms with Crippen molar-refractivity contribution in [1.29, 1.82) is 0 Å². The lowest BCUT2D eigenvalue weighted by Gasteiger charge is -2.08. The van der Waals surface area contributed by atoms with Crippen LogP contribution in [0, 0.1) is 0 Å². The van der Waals surface area contributed by atoms with Gasteiger partial charge in [-0.3, -0.25) is 4.98 Å². The highest BCUT2D eigenvalue weighted by atomic mass is 32.1. The van der Waals surface area contributed by atoms with Gasteiger partial charge in [-0.25, -0.2) is 4.98 Å². The first kappa shape index (κ1) is 21.6. The van der Waals surface area contributed by atoms with Crippen molar-refractivity contribution in [1.82, 2.24) is 9.97 Å². The SMILES string of the molecule is COCCOCCOCCOCCOc1ccc2nc(-c3ccccn3)sc2c1. The van der Waals surface area contributed by atoms with Crippen molar-refractivity contribution in [2.75, 3.05) is 60.0 Å². The predicted molar refractivity (Wildman–Crippen MR) is 113 cm³/mol. The monoisotopic (exact) mass is 418 g/mol. The van der Waals surface area contributed by atoms with Gasteiger partial charge in [-0.05, 0) is 30.3 Å². The van der Waals surface area contributed by atoms with Crippen LogP contribution in [-0.4, -0.2) is 69.9 Å². The summed E-state index contributed by atoms with van der Waals surface area (Å²) >= 11 is 1.61. The molecule has 0 saturated heterocycles. The zero-order valence-electron chi connectivity index (χ0n) is 16.5. The van der Waals surface area contributed by atoms with E-state index in [4.69, 9.17) is 23.7 Å². The molecule has 0 radical (unpaired) electrons. The van der Waals surface area contributed by atoms with Crippen molar-refractivity contribution in [2.24, 2.45) is 0 Å². The molecule has 8 heteroatoms. The van der Waals surface area contributed by atoms with E-state index in [1.54, 1.807) is 24.6 Å². The van der Waals surface area contributed by atoms with E-state index < -0.39 is 0 Å². The van der Waals surface area contributed by atoms with Crippen LogP contribution in [0.2, 0.25) is 0 Å². The first-order valence-corrected chi connectivity index (χ1v) is 10.4. The topological polar surface area (TPSA) is 71.9 Å². The fraction of sp³-hybridized carbons (Fsp3) is 0.429. The highest BCUT2D eigenvalue weighted by molar-refractivity contribution is 7.21. The Hall–Kier alpha value is -2.10. The van der Waals surface area contributed by atoms with Gasteiger partial charge in [-0.1, -0.05) is 6.07 Å². The molecule has 0 N–H and O–H groups in total. The van der Waals surface area contributed by atoms with Crippen LogP contribution >= 0.6 is 11.3 Å². The molecule has 1 aromatic carbocycles. The number of pyridine rings is 1. The van der Waals surface area contributed by atoms with Gasteiger partial charge in [0.1, 0.15) is 17.4 Å². The molecule has 3 rings (SSSR count). The van der Waals surface area contributed by atoms with E-state index in [2.05, 4.69) is 9.97 Å². The van der Waals surface area contributed by atoms with Gasteiger partial charge in [0, 0.05) is 13.3 Å².